The smallest absolute Gasteiger partial charge is 0.206 e. The van der Waals surface area contributed by atoms with E-state index in [2.05, 4.69) is 0 Å². The number of alkyl halides is 3. The van der Waals surface area contributed by atoms with Crippen LogP contribution in [0.25, 0.3) is 0 Å². The zero-order valence-corrected chi connectivity index (χ0v) is 12.0. The summed E-state index contributed by atoms with van der Waals surface area (Å²) in [6, 6.07) is 2.74. The molecule has 0 saturated carbocycles. The summed E-state index contributed by atoms with van der Waals surface area (Å²) in [6.07, 6.45) is -4.18. The average molecular weight is 334 g/mol. The first kappa shape index (κ1) is 15.1. The molecule has 3 nitrogen and oxygen atoms in total. The van der Waals surface area contributed by atoms with Crippen molar-refractivity contribution in [3.8, 4) is 0 Å². The van der Waals surface area contributed by atoms with Gasteiger partial charge in [-0.05, 0) is 25.0 Å². The number of piperidine rings is 1. The lowest BCUT2D eigenvalue weighted by molar-refractivity contribution is -0.182. The quantitative estimate of drug-likeness (QED) is 0.832. The molecular weight excluding hydrogens is 323 g/mol. The van der Waals surface area contributed by atoms with Gasteiger partial charge in [0, 0.05) is 13.1 Å². The van der Waals surface area contributed by atoms with Crippen LogP contribution in [0.2, 0.25) is 4.34 Å². The van der Waals surface area contributed by atoms with Gasteiger partial charge in [-0.15, -0.1) is 11.3 Å². The van der Waals surface area contributed by atoms with Crippen molar-refractivity contribution in [1.82, 2.24) is 4.31 Å². The molecule has 1 fully saturated rings. The van der Waals surface area contributed by atoms with E-state index in [0.29, 0.717) is 4.34 Å². The second-order valence-corrected chi connectivity index (χ2v) is 8.18. The number of thiophene rings is 1. The zero-order chi connectivity index (χ0) is 14.3. The first-order valence-electron chi connectivity index (χ1n) is 5.53. The summed E-state index contributed by atoms with van der Waals surface area (Å²) in [7, 11) is -3.87. The van der Waals surface area contributed by atoms with E-state index in [1.807, 2.05) is 0 Å². The Balaban J connectivity index is 2.22. The summed E-state index contributed by atoms with van der Waals surface area (Å²) >= 11 is 6.51. The molecule has 1 unspecified atom stereocenters. The largest absolute Gasteiger partial charge is 0.393 e. The Hall–Kier alpha value is -0.310. The van der Waals surface area contributed by atoms with E-state index in [1.54, 1.807) is 0 Å². The predicted molar refractivity (Wildman–Crippen MR) is 66.9 cm³/mol. The van der Waals surface area contributed by atoms with E-state index in [9.17, 15) is 21.6 Å². The molecule has 108 valence electrons. The minimum Gasteiger partial charge on any atom is -0.206 e. The standard InChI is InChI=1S/C10H11ClF3NO2S2/c11-8-3-4-9(18-8)19(16,17)15-5-1-2-7(6-15)10(12,13)14/h3-4,7H,1-2,5-6H2. The van der Waals surface area contributed by atoms with Crippen molar-refractivity contribution in [3.63, 3.8) is 0 Å². The van der Waals surface area contributed by atoms with Gasteiger partial charge in [-0.3, -0.25) is 0 Å². The van der Waals surface area contributed by atoms with Crippen LogP contribution >= 0.6 is 22.9 Å². The molecule has 0 amide bonds. The Labute approximate surface area is 118 Å². The van der Waals surface area contributed by atoms with Crippen molar-refractivity contribution in [1.29, 1.82) is 0 Å². The second-order valence-electron chi connectivity index (χ2n) is 4.30. The highest BCUT2D eigenvalue weighted by Gasteiger charge is 2.44. The first-order chi connectivity index (χ1) is 8.71. The molecule has 2 heterocycles. The lowest BCUT2D eigenvalue weighted by atomic mass is 9.99. The first-order valence-corrected chi connectivity index (χ1v) is 8.17. The molecule has 0 spiro atoms. The summed E-state index contributed by atoms with van der Waals surface area (Å²) in [5.41, 5.74) is 0. The normalized spacial score (nSPS) is 22.6. The van der Waals surface area contributed by atoms with Gasteiger partial charge in [0.1, 0.15) is 4.21 Å². The maximum absolute atomic E-state index is 12.7. The molecule has 0 radical (unpaired) electrons. The molecule has 19 heavy (non-hydrogen) atoms. The zero-order valence-electron chi connectivity index (χ0n) is 9.65. The Kier molecular flexibility index (Phi) is 4.15. The highest BCUT2D eigenvalue weighted by atomic mass is 35.5. The molecule has 1 aromatic rings. The van der Waals surface area contributed by atoms with E-state index < -0.39 is 28.7 Å². The fourth-order valence-electron chi connectivity index (χ4n) is 1.99. The lowest BCUT2D eigenvalue weighted by Crippen LogP contribution is -2.44. The van der Waals surface area contributed by atoms with Crippen molar-refractivity contribution in [3.05, 3.63) is 16.5 Å². The van der Waals surface area contributed by atoms with Gasteiger partial charge in [-0.25, -0.2) is 8.42 Å². The van der Waals surface area contributed by atoms with Crippen LogP contribution in [0.15, 0.2) is 16.3 Å². The molecule has 0 aliphatic carbocycles. The van der Waals surface area contributed by atoms with E-state index in [-0.39, 0.29) is 23.6 Å². The van der Waals surface area contributed by atoms with Crippen LogP contribution in [-0.4, -0.2) is 32.0 Å². The van der Waals surface area contributed by atoms with E-state index in [1.165, 1.54) is 12.1 Å². The maximum atomic E-state index is 12.7. The van der Waals surface area contributed by atoms with Gasteiger partial charge in [0.15, 0.2) is 0 Å². The fourth-order valence-corrected chi connectivity index (χ4v) is 5.15. The van der Waals surface area contributed by atoms with E-state index >= 15 is 0 Å². The van der Waals surface area contributed by atoms with Gasteiger partial charge >= 0.3 is 6.18 Å². The SMILES string of the molecule is O=S(=O)(c1ccc(Cl)s1)N1CCCC(C(F)(F)F)C1. The molecule has 1 aliphatic heterocycles. The Morgan fingerprint density at radius 3 is 2.58 bits per heavy atom. The number of nitrogens with zero attached hydrogens (tertiary/aromatic N) is 1. The molecule has 2 rings (SSSR count). The van der Waals surface area contributed by atoms with Crippen molar-refractivity contribution < 1.29 is 21.6 Å². The number of rotatable bonds is 2. The van der Waals surface area contributed by atoms with Crippen LogP contribution in [0.5, 0.6) is 0 Å². The van der Waals surface area contributed by atoms with Gasteiger partial charge in [0.05, 0.1) is 10.3 Å². The van der Waals surface area contributed by atoms with Crippen LogP contribution < -0.4 is 0 Å². The summed E-state index contributed by atoms with van der Waals surface area (Å²) in [6.45, 7) is -0.397. The highest BCUT2D eigenvalue weighted by molar-refractivity contribution is 7.91. The van der Waals surface area contributed by atoms with Crippen molar-refractivity contribution in [2.75, 3.05) is 13.1 Å². The second kappa shape index (κ2) is 5.23. The number of halogens is 4. The minimum atomic E-state index is -4.36. The third kappa shape index (κ3) is 3.24. The van der Waals surface area contributed by atoms with Crippen molar-refractivity contribution in [2.45, 2.75) is 23.2 Å². The molecule has 9 heteroatoms. The summed E-state index contributed by atoms with van der Waals surface area (Å²) in [5, 5.41) is 0. The van der Waals surface area contributed by atoms with Crippen LogP contribution in [0.3, 0.4) is 0 Å². The monoisotopic (exact) mass is 333 g/mol. The van der Waals surface area contributed by atoms with Crippen LogP contribution in [0.1, 0.15) is 12.8 Å². The molecule has 1 aromatic heterocycles. The maximum Gasteiger partial charge on any atom is 0.393 e. The molecule has 1 aliphatic rings. The van der Waals surface area contributed by atoms with Crippen LogP contribution in [0, 0.1) is 5.92 Å². The number of sulfonamides is 1. The van der Waals surface area contributed by atoms with Gasteiger partial charge in [-0.1, -0.05) is 11.6 Å². The molecular formula is C10H11ClF3NO2S2. The van der Waals surface area contributed by atoms with Gasteiger partial charge < -0.3 is 0 Å². The minimum absolute atomic E-state index is 0.0136. The van der Waals surface area contributed by atoms with Crippen LogP contribution in [-0.2, 0) is 10.0 Å². The molecule has 0 aromatic carbocycles. The third-order valence-corrected chi connectivity index (χ3v) is 6.55. The molecule has 1 atom stereocenters. The topological polar surface area (TPSA) is 37.4 Å². The predicted octanol–water partition coefficient (Wildman–Crippen LogP) is 3.36. The number of hydrogen-bond acceptors (Lipinski definition) is 3. The summed E-state index contributed by atoms with van der Waals surface area (Å²) in [5.74, 6) is -1.59. The lowest BCUT2D eigenvalue weighted by Gasteiger charge is -2.32. The van der Waals surface area contributed by atoms with Gasteiger partial charge in [-0.2, -0.15) is 17.5 Å². The van der Waals surface area contributed by atoms with Crippen molar-refractivity contribution >= 4 is 33.0 Å². The molecule has 1 saturated heterocycles. The Morgan fingerprint density at radius 1 is 1.37 bits per heavy atom. The number of hydrogen-bond donors (Lipinski definition) is 0. The third-order valence-electron chi connectivity index (χ3n) is 2.99. The fraction of sp³-hybridized carbons (Fsp3) is 0.600. The average Bonchev–Trinajstić information content (AvgIpc) is 2.76. The van der Waals surface area contributed by atoms with Crippen LogP contribution in [0.4, 0.5) is 13.2 Å². The summed E-state index contributed by atoms with van der Waals surface area (Å²) in [4.78, 5) is 0. The summed E-state index contributed by atoms with van der Waals surface area (Å²) < 4.78 is 63.6. The van der Waals surface area contributed by atoms with Gasteiger partial charge in [0.2, 0.25) is 0 Å². The molecule has 0 bridgehead atoms. The van der Waals surface area contributed by atoms with E-state index in [0.717, 1.165) is 15.6 Å². The Bertz CT molecular complexity index is 555. The van der Waals surface area contributed by atoms with Gasteiger partial charge in [0.25, 0.3) is 10.0 Å². The highest BCUT2D eigenvalue weighted by Crippen LogP contribution is 2.36. The Morgan fingerprint density at radius 2 is 2.05 bits per heavy atom. The molecule has 0 N–H and O–H groups in total. The van der Waals surface area contributed by atoms with E-state index in [4.69, 9.17) is 11.6 Å². The van der Waals surface area contributed by atoms with Crippen molar-refractivity contribution in [2.24, 2.45) is 5.92 Å².